The van der Waals surface area contributed by atoms with Crippen molar-refractivity contribution in [1.29, 1.82) is 0 Å². The summed E-state index contributed by atoms with van der Waals surface area (Å²) in [6.07, 6.45) is 3.06. The van der Waals surface area contributed by atoms with Gasteiger partial charge >= 0.3 is 0 Å². The molecule has 0 saturated carbocycles. The van der Waals surface area contributed by atoms with Crippen molar-refractivity contribution in [3.63, 3.8) is 0 Å². The lowest BCUT2D eigenvalue weighted by Crippen LogP contribution is -2.19. The van der Waals surface area contributed by atoms with E-state index in [2.05, 4.69) is 4.98 Å². The Morgan fingerprint density at radius 2 is 2.12 bits per heavy atom. The zero-order valence-corrected chi connectivity index (χ0v) is 9.25. The summed E-state index contributed by atoms with van der Waals surface area (Å²) in [6, 6.07) is 6.28. The molecule has 0 saturated heterocycles. The largest absolute Gasteiger partial charge is 0.366 e. The van der Waals surface area contributed by atoms with Crippen LogP contribution in [0.5, 0.6) is 0 Å². The van der Waals surface area contributed by atoms with Gasteiger partial charge in [-0.05, 0) is 30.7 Å². The molecule has 0 unspecified atom stereocenters. The van der Waals surface area contributed by atoms with Gasteiger partial charge in [0.1, 0.15) is 5.82 Å². The standard InChI is InChI=1S/C12H11N3O2/c1-8-3-5-15(11(16)6-8)10-7-9(12(13)17)2-4-14-10/h2-7H,1H3,(H2,13,17). The van der Waals surface area contributed by atoms with Crippen molar-refractivity contribution in [2.45, 2.75) is 6.92 Å². The molecule has 2 heterocycles. The number of rotatable bonds is 2. The maximum atomic E-state index is 11.7. The van der Waals surface area contributed by atoms with Gasteiger partial charge in [-0.1, -0.05) is 0 Å². The highest BCUT2D eigenvalue weighted by molar-refractivity contribution is 5.93. The molecule has 0 aliphatic heterocycles. The van der Waals surface area contributed by atoms with E-state index in [1.165, 1.54) is 29.0 Å². The van der Waals surface area contributed by atoms with E-state index in [0.717, 1.165) is 5.56 Å². The molecule has 2 aromatic heterocycles. The van der Waals surface area contributed by atoms with Gasteiger partial charge in [-0.2, -0.15) is 0 Å². The summed E-state index contributed by atoms with van der Waals surface area (Å²) in [5.41, 5.74) is 6.17. The van der Waals surface area contributed by atoms with E-state index in [1.807, 2.05) is 6.92 Å². The zero-order chi connectivity index (χ0) is 12.4. The summed E-state index contributed by atoms with van der Waals surface area (Å²) in [7, 11) is 0. The minimum Gasteiger partial charge on any atom is -0.366 e. The molecule has 0 aromatic carbocycles. The maximum Gasteiger partial charge on any atom is 0.256 e. The van der Waals surface area contributed by atoms with E-state index < -0.39 is 5.91 Å². The molecule has 2 rings (SSSR count). The van der Waals surface area contributed by atoms with Gasteiger partial charge in [-0.25, -0.2) is 4.98 Å². The Balaban J connectivity index is 2.57. The number of hydrogen-bond donors (Lipinski definition) is 1. The predicted molar refractivity (Wildman–Crippen MR) is 63.1 cm³/mol. The number of carbonyl (C=O) groups is 1. The quantitative estimate of drug-likeness (QED) is 0.820. The Kier molecular flexibility index (Phi) is 2.74. The third kappa shape index (κ3) is 2.23. The molecule has 0 radical (unpaired) electrons. The van der Waals surface area contributed by atoms with Gasteiger partial charge < -0.3 is 5.73 Å². The molecular formula is C12H11N3O2. The normalized spacial score (nSPS) is 10.2. The molecule has 0 aliphatic carbocycles. The number of amides is 1. The van der Waals surface area contributed by atoms with Gasteiger partial charge in [0.25, 0.3) is 5.56 Å². The van der Waals surface area contributed by atoms with Gasteiger partial charge in [0.05, 0.1) is 0 Å². The number of aromatic nitrogens is 2. The van der Waals surface area contributed by atoms with Crippen molar-refractivity contribution in [1.82, 2.24) is 9.55 Å². The van der Waals surface area contributed by atoms with Crippen LogP contribution in [0.2, 0.25) is 0 Å². The van der Waals surface area contributed by atoms with E-state index in [-0.39, 0.29) is 5.56 Å². The van der Waals surface area contributed by atoms with Crippen LogP contribution in [0.1, 0.15) is 15.9 Å². The molecule has 2 N–H and O–H groups in total. The highest BCUT2D eigenvalue weighted by atomic mass is 16.1. The van der Waals surface area contributed by atoms with Gasteiger partial charge in [-0.3, -0.25) is 14.2 Å². The van der Waals surface area contributed by atoms with Crippen molar-refractivity contribution in [3.05, 3.63) is 58.1 Å². The first-order valence-corrected chi connectivity index (χ1v) is 5.03. The Hall–Kier alpha value is -2.43. The monoisotopic (exact) mass is 229 g/mol. The van der Waals surface area contributed by atoms with Crippen LogP contribution in [-0.2, 0) is 0 Å². The smallest absolute Gasteiger partial charge is 0.256 e. The fourth-order valence-electron chi connectivity index (χ4n) is 1.47. The number of nitrogens with two attached hydrogens (primary N) is 1. The fraction of sp³-hybridized carbons (Fsp3) is 0.0833. The van der Waals surface area contributed by atoms with Crippen LogP contribution in [0, 0.1) is 6.92 Å². The predicted octanol–water partition coefficient (Wildman–Crippen LogP) is 0.640. The summed E-state index contributed by atoms with van der Waals surface area (Å²) in [6.45, 7) is 1.83. The third-order valence-electron chi connectivity index (χ3n) is 2.35. The number of primary amides is 1. The van der Waals surface area contributed by atoms with Gasteiger partial charge in [-0.15, -0.1) is 0 Å². The number of nitrogens with zero attached hydrogens (tertiary/aromatic N) is 2. The van der Waals surface area contributed by atoms with E-state index in [1.54, 1.807) is 12.3 Å². The summed E-state index contributed by atoms with van der Waals surface area (Å²) < 4.78 is 1.36. The van der Waals surface area contributed by atoms with Crippen LogP contribution in [0.4, 0.5) is 0 Å². The van der Waals surface area contributed by atoms with Crippen molar-refractivity contribution in [2.75, 3.05) is 0 Å². The van der Waals surface area contributed by atoms with Crippen LogP contribution < -0.4 is 11.3 Å². The van der Waals surface area contributed by atoms with Crippen LogP contribution in [0.15, 0.2) is 41.5 Å². The van der Waals surface area contributed by atoms with Crippen molar-refractivity contribution < 1.29 is 4.79 Å². The lowest BCUT2D eigenvalue weighted by atomic mass is 10.2. The molecule has 17 heavy (non-hydrogen) atoms. The minimum atomic E-state index is -0.547. The second kappa shape index (κ2) is 4.21. The number of pyridine rings is 2. The second-order valence-corrected chi connectivity index (χ2v) is 3.68. The molecule has 5 nitrogen and oxygen atoms in total. The van der Waals surface area contributed by atoms with Crippen LogP contribution in [0.3, 0.4) is 0 Å². The molecule has 0 bridgehead atoms. The second-order valence-electron chi connectivity index (χ2n) is 3.68. The average molecular weight is 229 g/mol. The minimum absolute atomic E-state index is 0.195. The summed E-state index contributed by atoms with van der Waals surface area (Å²) in [5.74, 6) is -0.167. The molecular weight excluding hydrogens is 218 g/mol. The molecule has 5 heteroatoms. The van der Waals surface area contributed by atoms with Crippen LogP contribution in [-0.4, -0.2) is 15.5 Å². The molecule has 86 valence electrons. The van der Waals surface area contributed by atoms with Crippen LogP contribution >= 0.6 is 0 Å². The molecule has 0 atom stereocenters. The van der Waals surface area contributed by atoms with Gasteiger partial charge in [0.2, 0.25) is 5.91 Å². The first kappa shape index (κ1) is 11.1. The first-order chi connectivity index (χ1) is 8.08. The van der Waals surface area contributed by atoms with Crippen molar-refractivity contribution in [2.24, 2.45) is 5.73 Å². The highest BCUT2D eigenvalue weighted by Gasteiger charge is 2.05. The Morgan fingerprint density at radius 3 is 2.76 bits per heavy atom. The summed E-state index contributed by atoms with van der Waals surface area (Å²) >= 11 is 0. The molecule has 1 amide bonds. The van der Waals surface area contributed by atoms with Crippen molar-refractivity contribution >= 4 is 5.91 Å². The molecule has 0 fully saturated rings. The van der Waals surface area contributed by atoms with Crippen molar-refractivity contribution in [3.8, 4) is 5.82 Å². The summed E-state index contributed by atoms with van der Waals surface area (Å²) in [4.78, 5) is 26.8. The maximum absolute atomic E-state index is 11.7. The lowest BCUT2D eigenvalue weighted by molar-refractivity contribution is 0.1000. The van der Waals surface area contributed by atoms with Crippen LogP contribution in [0.25, 0.3) is 5.82 Å². The van der Waals surface area contributed by atoms with Gasteiger partial charge in [0.15, 0.2) is 0 Å². The summed E-state index contributed by atoms with van der Waals surface area (Å²) in [5, 5.41) is 0. The number of aryl methyl sites for hydroxylation is 1. The Morgan fingerprint density at radius 1 is 1.35 bits per heavy atom. The Labute approximate surface area is 97.5 Å². The number of carbonyl (C=O) groups excluding carboxylic acids is 1. The first-order valence-electron chi connectivity index (χ1n) is 5.03. The van der Waals surface area contributed by atoms with E-state index >= 15 is 0 Å². The fourth-order valence-corrected chi connectivity index (χ4v) is 1.47. The SMILES string of the molecule is Cc1ccn(-c2cc(C(N)=O)ccn2)c(=O)c1. The average Bonchev–Trinajstić information content (AvgIpc) is 2.29. The molecule has 0 aliphatic rings. The third-order valence-corrected chi connectivity index (χ3v) is 2.35. The topological polar surface area (TPSA) is 78.0 Å². The van der Waals surface area contributed by atoms with Gasteiger partial charge in [0, 0.05) is 24.0 Å². The zero-order valence-electron chi connectivity index (χ0n) is 9.25. The Bertz CT molecular complexity index is 632. The highest BCUT2D eigenvalue weighted by Crippen LogP contribution is 2.05. The van der Waals surface area contributed by atoms with E-state index in [4.69, 9.17) is 5.73 Å². The molecule has 0 spiro atoms. The van der Waals surface area contributed by atoms with E-state index in [0.29, 0.717) is 11.4 Å². The van der Waals surface area contributed by atoms with E-state index in [9.17, 15) is 9.59 Å². The lowest BCUT2D eigenvalue weighted by Gasteiger charge is -2.05. The molecule has 2 aromatic rings. The number of hydrogen-bond acceptors (Lipinski definition) is 3.